The second-order valence-corrected chi connectivity index (χ2v) is 6.24. The Bertz CT molecular complexity index is 665. The van der Waals surface area contributed by atoms with Gasteiger partial charge in [0, 0.05) is 18.7 Å². The summed E-state index contributed by atoms with van der Waals surface area (Å²) < 4.78 is 2.19. The van der Waals surface area contributed by atoms with Crippen molar-refractivity contribution >= 4 is 17.5 Å². The number of nitrogens with one attached hydrogen (secondary N) is 1. The summed E-state index contributed by atoms with van der Waals surface area (Å²) in [6.45, 7) is 3.91. The van der Waals surface area contributed by atoms with Crippen molar-refractivity contribution in [3.63, 3.8) is 0 Å². The lowest BCUT2D eigenvalue weighted by molar-refractivity contribution is -0.123. The standard InChI is InChI=1S/C15H22ClN3O3/c1-3-18-14(21)8-12(16)19(15(18)22)9-13(20)17-11-7-5-4-6-10(11)2/h8,10-11H,3-7,9H2,1-2H3,(H,17,20)/t10-,11+/m1/s1. The molecule has 0 bridgehead atoms. The van der Waals surface area contributed by atoms with Gasteiger partial charge in [0.2, 0.25) is 5.91 Å². The van der Waals surface area contributed by atoms with Gasteiger partial charge in [0.25, 0.3) is 5.56 Å². The van der Waals surface area contributed by atoms with Crippen molar-refractivity contribution in [1.29, 1.82) is 0 Å². The second-order valence-electron chi connectivity index (χ2n) is 5.85. The van der Waals surface area contributed by atoms with E-state index in [1.165, 1.54) is 12.5 Å². The zero-order chi connectivity index (χ0) is 16.3. The van der Waals surface area contributed by atoms with Crippen LogP contribution < -0.4 is 16.6 Å². The molecule has 22 heavy (non-hydrogen) atoms. The van der Waals surface area contributed by atoms with Crippen molar-refractivity contribution in [2.45, 2.75) is 58.7 Å². The molecule has 1 aliphatic rings. The summed E-state index contributed by atoms with van der Waals surface area (Å²) in [5.74, 6) is 0.193. The van der Waals surface area contributed by atoms with Gasteiger partial charge in [-0.1, -0.05) is 31.4 Å². The lowest BCUT2D eigenvalue weighted by atomic mass is 9.86. The lowest BCUT2D eigenvalue weighted by Crippen LogP contribution is -2.46. The minimum atomic E-state index is -0.549. The minimum Gasteiger partial charge on any atom is -0.352 e. The number of carbonyl (C=O) groups excluding carboxylic acids is 1. The van der Waals surface area contributed by atoms with E-state index in [2.05, 4.69) is 12.2 Å². The molecule has 7 heteroatoms. The summed E-state index contributed by atoms with van der Waals surface area (Å²) in [7, 11) is 0. The molecule has 0 aromatic carbocycles. The average Bonchev–Trinajstić information content (AvgIpc) is 2.46. The van der Waals surface area contributed by atoms with Crippen LogP contribution in [0, 0.1) is 5.92 Å². The number of nitrogens with zero attached hydrogens (tertiary/aromatic N) is 2. The van der Waals surface area contributed by atoms with E-state index < -0.39 is 11.2 Å². The highest BCUT2D eigenvalue weighted by Gasteiger charge is 2.23. The lowest BCUT2D eigenvalue weighted by Gasteiger charge is -2.29. The van der Waals surface area contributed by atoms with Crippen molar-refractivity contribution in [2.24, 2.45) is 5.92 Å². The monoisotopic (exact) mass is 327 g/mol. The maximum atomic E-state index is 12.2. The number of hydrogen-bond donors (Lipinski definition) is 1. The van der Waals surface area contributed by atoms with E-state index >= 15 is 0 Å². The van der Waals surface area contributed by atoms with Crippen LogP contribution in [-0.4, -0.2) is 21.1 Å². The van der Waals surface area contributed by atoms with Crippen LogP contribution in [0.25, 0.3) is 0 Å². The van der Waals surface area contributed by atoms with Crippen molar-refractivity contribution in [3.05, 3.63) is 32.1 Å². The maximum absolute atomic E-state index is 12.2. The van der Waals surface area contributed by atoms with E-state index in [0.29, 0.717) is 5.92 Å². The Kier molecular flexibility index (Phi) is 5.45. The minimum absolute atomic E-state index is 0.00783. The number of amides is 1. The van der Waals surface area contributed by atoms with Crippen LogP contribution in [0.2, 0.25) is 5.15 Å². The molecule has 1 aliphatic carbocycles. The van der Waals surface area contributed by atoms with Crippen LogP contribution in [0.5, 0.6) is 0 Å². The summed E-state index contributed by atoms with van der Waals surface area (Å²) in [5.41, 5.74) is -0.998. The highest BCUT2D eigenvalue weighted by atomic mass is 35.5. The molecule has 1 N–H and O–H groups in total. The zero-order valence-corrected chi connectivity index (χ0v) is 13.7. The summed E-state index contributed by atoms with van der Waals surface area (Å²) in [6.07, 6.45) is 4.37. The van der Waals surface area contributed by atoms with Crippen LogP contribution in [0.1, 0.15) is 39.5 Å². The molecule has 2 atom stereocenters. The normalized spacial score (nSPS) is 21.6. The van der Waals surface area contributed by atoms with Gasteiger partial charge >= 0.3 is 5.69 Å². The first-order valence-corrected chi connectivity index (χ1v) is 8.11. The number of halogens is 1. The third-order valence-electron chi connectivity index (χ3n) is 4.30. The highest BCUT2D eigenvalue weighted by Crippen LogP contribution is 2.23. The smallest absolute Gasteiger partial charge is 0.332 e. The first kappa shape index (κ1) is 16.8. The molecule has 0 radical (unpaired) electrons. The first-order chi connectivity index (χ1) is 10.4. The van der Waals surface area contributed by atoms with E-state index in [1.807, 2.05) is 0 Å². The van der Waals surface area contributed by atoms with Crippen LogP contribution in [0.4, 0.5) is 0 Å². The third-order valence-corrected chi connectivity index (χ3v) is 4.62. The maximum Gasteiger partial charge on any atom is 0.332 e. The summed E-state index contributed by atoms with van der Waals surface area (Å²) >= 11 is 5.95. The SMILES string of the molecule is CCn1c(=O)cc(Cl)n(CC(=O)N[C@H]2CCCC[C@H]2C)c1=O. The molecule has 0 saturated heterocycles. The van der Waals surface area contributed by atoms with Crippen molar-refractivity contribution in [1.82, 2.24) is 14.5 Å². The fraction of sp³-hybridized carbons (Fsp3) is 0.667. The Morgan fingerprint density at radius 3 is 2.64 bits per heavy atom. The largest absolute Gasteiger partial charge is 0.352 e. The van der Waals surface area contributed by atoms with Gasteiger partial charge in [0.15, 0.2) is 0 Å². The summed E-state index contributed by atoms with van der Waals surface area (Å²) in [4.78, 5) is 36.0. The van der Waals surface area contributed by atoms with E-state index in [1.54, 1.807) is 6.92 Å². The summed E-state index contributed by atoms with van der Waals surface area (Å²) in [5, 5.41) is 2.97. The van der Waals surface area contributed by atoms with Gasteiger partial charge in [-0.15, -0.1) is 0 Å². The number of hydrogen-bond acceptors (Lipinski definition) is 3. The van der Waals surface area contributed by atoms with Gasteiger partial charge < -0.3 is 5.32 Å². The predicted octanol–water partition coefficient (Wildman–Crippen LogP) is 1.38. The molecule has 1 amide bonds. The first-order valence-electron chi connectivity index (χ1n) is 7.73. The third kappa shape index (κ3) is 3.61. The number of aromatic nitrogens is 2. The molecule has 0 aliphatic heterocycles. The molecule has 1 aromatic rings. The number of rotatable bonds is 4. The molecular formula is C15H22ClN3O3. The van der Waals surface area contributed by atoms with Crippen LogP contribution in [-0.2, 0) is 17.9 Å². The Labute approximate surface area is 134 Å². The average molecular weight is 328 g/mol. The molecule has 122 valence electrons. The van der Waals surface area contributed by atoms with Gasteiger partial charge in [0.05, 0.1) is 0 Å². The molecule has 1 aromatic heterocycles. The van der Waals surface area contributed by atoms with Crippen molar-refractivity contribution < 1.29 is 4.79 Å². The Hall–Kier alpha value is -1.56. The second kappa shape index (κ2) is 7.13. The molecule has 1 heterocycles. The van der Waals surface area contributed by atoms with E-state index in [0.717, 1.165) is 28.4 Å². The van der Waals surface area contributed by atoms with Crippen molar-refractivity contribution in [2.75, 3.05) is 0 Å². The summed E-state index contributed by atoms with van der Waals surface area (Å²) in [6, 6.07) is 1.32. The highest BCUT2D eigenvalue weighted by molar-refractivity contribution is 6.29. The molecule has 6 nitrogen and oxygen atoms in total. The van der Waals surface area contributed by atoms with Crippen LogP contribution in [0.15, 0.2) is 15.7 Å². The van der Waals surface area contributed by atoms with Crippen molar-refractivity contribution in [3.8, 4) is 0 Å². The molecular weight excluding hydrogens is 306 g/mol. The van der Waals surface area contributed by atoms with Crippen LogP contribution >= 0.6 is 11.6 Å². The van der Waals surface area contributed by atoms with Crippen LogP contribution in [0.3, 0.4) is 0 Å². The van der Waals surface area contributed by atoms with E-state index in [4.69, 9.17) is 11.6 Å². The van der Waals surface area contributed by atoms with Gasteiger partial charge in [0.1, 0.15) is 11.7 Å². The Balaban J connectivity index is 2.15. The van der Waals surface area contributed by atoms with Gasteiger partial charge in [-0.25, -0.2) is 4.79 Å². The molecule has 0 unspecified atom stereocenters. The topological polar surface area (TPSA) is 73.1 Å². The van der Waals surface area contributed by atoms with Gasteiger partial charge in [-0.2, -0.15) is 0 Å². The molecule has 1 fully saturated rings. The Morgan fingerprint density at radius 1 is 1.32 bits per heavy atom. The zero-order valence-electron chi connectivity index (χ0n) is 13.0. The van der Waals surface area contributed by atoms with Gasteiger partial charge in [-0.3, -0.25) is 18.7 Å². The molecule has 1 saturated carbocycles. The molecule has 0 spiro atoms. The fourth-order valence-corrected chi connectivity index (χ4v) is 3.18. The Morgan fingerprint density at radius 2 is 2.00 bits per heavy atom. The number of carbonyl (C=O) groups is 1. The predicted molar refractivity (Wildman–Crippen MR) is 85.2 cm³/mol. The van der Waals surface area contributed by atoms with E-state index in [-0.39, 0.29) is 30.2 Å². The van der Waals surface area contributed by atoms with E-state index in [9.17, 15) is 14.4 Å². The fourth-order valence-electron chi connectivity index (χ4n) is 2.95. The quantitative estimate of drug-likeness (QED) is 0.849. The molecule has 2 rings (SSSR count). The van der Waals surface area contributed by atoms with Gasteiger partial charge in [-0.05, 0) is 25.7 Å².